The zero-order valence-electron chi connectivity index (χ0n) is 10.9. The lowest BCUT2D eigenvalue weighted by molar-refractivity contribution is 0.624. The van der Waals surface area contributed by atoms with E-state index >= 15 is 0 Å². The second-order valence-corrected chi connectivity index (χ2v) is 5.71. The molecule has 0 aliphatic carbocycles. The van der Waals surface area contributed by atoms with Gasteiger partial charge in [-0.3, -0.25) is 0 Å². The Kier molecular flexibility index (Phi) is 4.95. The van der Waals surface area contributed by atoms with Crippen molar-refractivity contribution in [3.8, 4) is 6.07 Å². The van der Waals surface area contributed by atoms with Crippen LogP contribution in [0.25, 0.3) is 0 Å². The molecule has 2 aromatic carbocycles. The summed E-state index contributed by atoms with van der Waals surface area (Å²) >= 11 is 17.7. The molecular formula is C15H10Cl3FN2. The minimum absolute atomic E-state index is 0.0311. The van der Waals surface area contributed by atoms with E-state index in [-0.39, 0.29) is 11.1 Å². The first kappa shape index (κ1) is 15.9. The summed E-state index contributed by atoms with van der Waals surface area (Å²) in [5, 5.41) is 13.0. The van der Waals surface area contributed by atoms with E-state index in [9.17, 15) is 4.39 Å². The van der Waals surface area contributed by atoms with Gasteiger partial charge in [0.1, 0.15) is 11.9 Å². The Bertz CT molecular complexity index is 726. The van der Waals surface area contributed by atoms with Crippen molar-refractivity contribution in [1.29, 1.82) is 5.26 Å². The van der Waals surface area contributed by atoms with E-state index in [1.165, 1.54) is 12.1 Å². The highest BCUT2D eigenvalue weighted by Gasteiger charge is 2.15. The number of hydrogen-bond acceptors (Lipinski definition) is 2. The van der Waals surface area contributed by atoms with Gasteiger partial charge in [-0.25, -0.2) is 4.39 Å². The number of anilines is 1. The van der Waals surface area contributed by atoms with E-state index in [0.717, 1.165) is 0 Å². The third-order valence-electron chi connectivity index (χ3n) is 2.98. The van der Waals surface area contributed by atoms with E-state index in [4.69, 9.17) is 40.1 Å². The van der Waals surface area contributed by atoms with Gasteiger partial charge < -0.3 is 5.32 Å². The monoisotopic (exact) mass is 342 g/mol. The van der Waals surface area contributed by atoms with Crippen molar-refractivity contribution in [2.45, 2.75) is 13.0 Å². The Morgan fingerprint density at radius 1 is 1.14 bits per heavy atom. The van der Waals surface area contributed by atoms with Gasteiger partial charge in [0, 0.05) is 10.0 Å². The molecule has 0 heterocycles. The summed E-state index contributed by atoms with van der Waals surface area (Å²) in [7, 11) is 0. The molecule has 0 amide bonds. The first-order valence-electron chi connectivity index (χ1n) is 6.03. The maximum absolute atomic E-state index is 13.6. The fraction of sp³-hybridized carbons (Fsp3) is 0.133. The predicted octanol–water partition coefficient (Wildman–Crippen LogP) is 5.83. The van der Waals surface area contributed by atoms with Crippen molar-refractivity contribution in [3.63, 3.8) is 0 Å². The van der Waals surface area contributed by atoms with Crippen LogP contribution >= 0.6 is 34.8 Å². The van der Waals surface area contributed by atoms with Gasteiger partial charge in [-0.1, -0.05) is 34.8 Å². The largest absolute Gasteiger partial charge is 0.377 e. The lowest BCUT2D eigenvalue weighted by Crippen LogP contribution is -2.09. The Hall–Kier alpha value is -1.47. The predicted molar refractivity (Wildman–Crippen MR) is 84.6 cm³/mol. The molecule has 1 atom stereocenters. The molecule has 0 spiro atoms. The van der Waals surface area contributed by atoms with E-state index in [1.807, 2.05) is 0 Å². The third-order valence-corrected chi connectivity index (χ3v) is 3.83. The molecule has 21 heavy (non-hydrogen) atoms. The highest BCUT2D eigenvalue weighted by atomic mass is 35.5. The standard InChI is InChI=1S/C15H10Cl3FN2/c1-8(11-5-14(19)13(18)6-12(11)17)21-15-4-10(16)3-2-9(15)7-20/h2-6,8,21H,1H3. The van der Waals surface area contributed by atoms with E-state index in [2.05, 4.69) is 11.4 Å². The average Bonchev–Trinajstić information content (AvgIpc) is 2.43. The molecule has 0 saturated carbocycles. The van der Waals surface area contributed by atoms with Crippen molar-refractivity contribution in [1.82, 2.24) is 0 Å². The smallest absolute Gasteiger partial charge is 0.142 e. The summed E-state index contributed by atoms with van der Waals surface area (Å²) in [6.45, 7) is 1.80. The van der Waals surface area contributed by atoms with Gasteiger partial charge in [0.15, 0.2) is 0 Å². The Morgan fingerprint density at radius 2 is 1.86 bits per heavy atom. The highest BCUT2D eigenvalue weighted by molar-refractivity contribution is 6.35. The Morgan fingerprint density at radius 3 is 2.52 bits per heavy atom. The minimum Gasteiger partial charge on any atom is -0.377 e. The molecule has 0 aliphatic rings. The van der Waals surface area contributed by atoms with Crippen LogP contribution in [0, 0.1) is 17.1 Å². The van der Waals surface area contributed by atoms with Crippen molar-refractivity contribution in [2.24, 2.45) is 0 Å². The summed E-state index contributed by atoms with van der Waals surface area (Å²) in [6, 6.07) is 9.25. The van der Waals surface area contributed by atoms with Crippen molar-refractivity contribution >= 4 is 40.5 Å². The maximum atomic E-state index is 13.6. The van der Waals surface area contributed by atoms with Crippen molar-refractivity contribution < 1.29 is 4.39 Å². The number of nitrogens with zero attached hydrogens (tertiary/aromatic N) is 1. The van der Waals surface area contributed by atoms with Crippen LogP contribution in [0.2, 0.25) is 15.1 Å². The number of hydrogen-bond donors (Lipinski definition) is 1. The van der Waals surface area contributed by atoms with Crippen LogP contribution in [-0.4, -0.2) is 0 Å². The molecule has 6 heteroatoms. The molecule has 0 radical (unpaired) electrons. The van der Waals surface area contributed by atoms with Crippen LogP contribution < -0.4 is 5.32 Å². The minimum atomic E-state index is -0.545. The second-order valence-electron chi connectivity index (χ2n) is 4.46. The molecular weight excluding hydrogens is 334 g/mol. The van der Waals surface area contributed by atoms with Crippen LogP contribution in [0.5, 0.6) is 0 Å². The first-order valence-corrected chi connectivity index (χ1v) is 7.16. The summed E-state index contributed by atoms with van der Waals surface area (Å²) in [5.41, 5.74) is 1.54. The molecule has 0 saturated heterocycles. The molecule has 1 unspecified atom stereocenters. The normalized spacial score (nSPS) is 11.8. The van der Waals surface area contributed by atoms with Crippen LogP contribution in [0.1, 0.15) is 24.1 Å². The van der Waals surface area contributed by atoms with E-state index in [0.29, 0.717) is 26.9 Å². The average molecular weight is 344 g/mol. The molecule has 1 N–H and O–H groups in total. The molecule has 2 aromatic rings. The number of nitriles is 1. The molecule has 2 nitrogen and oxygen atoms in total. The molecule has 0 bridgehead atoms. The number of nitrogens with one attached hydrogen (secondary N) is 1. The summed E-state index contributed by atoms with van der Waals surface area (Å²) < 4.78 is 13.6. The van der Waals surface area contributed by atoms with Crippen molar-refractivity contribution in [2.75, 3.05) is 5.32 Å². The van der Waals surface area contributed by atoms with Gasteiger partial charge in [-0.2, -0.15) is 5.26 Å². The molecule has 108 valence electrons. The van der Waals surface area contributed by atoms with Gasteiger partial charge in [0.05, 0.1) is 22.3 Å². The SMILES string of the molecule is CC(Nc1cc(Cl)ccc1C#N)c1cc(F)c(Cl)cc1Cl. The van der Waals surface area contributed by atoms with Crippen molar-refractivity contribution in [3.05, 3.63) is 62.3 Å². The first-order chi connectivity index (χ1) is 9.92. The lowest BCUT2D eigenvalue weighted by atomic mass is 10.1. The van der Waals surface area contributed by atoms with Gasteiger partial charge in [-0.15, -0.1) is 0 Å². The fourth-order valence-electron chi connectivity index (χ4n) is 1.91. The quantitative estimate of drug-likeness (QED) is 0.712. The zero-order valence-corrected chi connectivity index (χ0v) is 13.2. The second kappa shape index (κ2) is 6.53. The van der Waals surface area contributed by atoms with Gasteiger partial charge in [0.25, 0.3) is 0 Å². The Balaban J connectivity index is 2.35. The number of rotatable bonds is 3. The topological polar surface area (TPSA) is 35.8 Å². The van der Waals surface area contributed by atoms with Crippen LogP contribution in [0.15, 0.2) is 30.3 Å². The Labute approximate surface area is 137 Å². The third kappa shape index (κ3) is 3.59. The number of benzene rings is 2. The molecule has 0 aromatic heterocycles. The van der Waals surface area contributed by atoms with Gasteiger partial charge in [0.2, 0.25) is 0 Å². The summed E-state index contributed by atoms with van der Waals surface area (Å²) in [5.74, 6) is -0.545. The molecule has 0 aliphatic heterocycles. The van der Waals surface area contributed by atoms with Gasteiger partial charge in [-0.05, 0) is 42.8 Å². The molecule has 0 fully saturated rings. The van der Waals surface area contributed by atoms with E-state index in [1.54, 1.807) is 25.1 Å². The molecule has 2 rings (SSSR count). The van der Waals surface area contributed by atoms with Crippen LogP contribution in [0.3, 0.4) is 0 Å². The van der Waals surface area contributed by atoms with E-state index < -0.39 is 5.82 Å². The lowest BCUT2D eigenvalue weighted by Gasteiger charge is -2.18. The number of halogens is 4. The summed E-state index contributed by atoms with van der Waals surface area (Å²) in [4.78, 5) is 0. The summed E-state index contributed by atoms with van der Waals surface area (Å²) in [6.07, 6.45) is 0. The van der Waals surface area contributed by atoms with Crippen LogP contribution in [-0.2, 0) is 0 Å². The van der Waals surface area contributed by atoms with Gasteiger partial charge >= 0.3 is 0 Å². The fourth-order valence-corrected chi connectivity index (χ4v) is 2.63. The van der Waals surface area contributed by atoms with Crippen LogP contribution in [0.4, 0.5) is 10.1 Å². The maximum Gasteiger partial charge on any atom is 0.142 e. The zero-order chi connectivity index (χ0) is 15.6. The highest BCUT2D eigenvalue weighted by Crippen LogP contribution is 2.31.